The number of phenols is 4. The number of carboxylic acid groups (broad SMARTS) is 1. The van der Waals surface area contributed by atoms with Crippen LogP contribution in [0.4, 0.5) is 0 Å². The van der Waals surface area contributed by atoms with E-state index in [2.05, 4.69) is 0 Å². The maximum absolute atomic E-state index is 11.4. The monoisotopic (exact) mass is 532 g/mol. The van der Waals surface area contributed by atoms with Crippen LogP contribution < -0.4 is 0 Å². The lowest BCUT2D eigenvalue weighted by molar-refractivity contribution is -0.146. The molecule has 6 N–H and O–H groups in total. The predicted molar refractivity (Wildman–Crippen MR) is 154 cm³/mol. The van der Waals surface area contributed by atoms with Gasteiger partial charge in [0.1, 0.15) is 23.0 Å². The van der Waals surface area contributed by atoms with Gasteiger partial charge >= 0.3 is 5.97 Å². The van der Waals surface area contributed by atoms with Crippen molar-refractivity contribution in [2.24, 2.45) is 10.8 Å². The highest BCUT2D eigenvalue weighted by Crippen LogP contribution is 2.45. The number of aliphatic hydroxyl groups is 1. The van der Waals surface area contributed by atoms with E-state index < -0.39 is 11.4 Å². The number of allylic oxidation sites excluding steroid dienone is 2. The first-order valence-electron chi connectivity index (χ1n) is 12.6. The number of phenolic OH excluding ortho intramolecular Hbond substituents is 4. The molecule has 3 rings (SSSR count). The summed E-state index contributed by atoms with van der Waals surface area (Å²) in [6.07, 6.45) is 7.48. The number of aromatic hydroxyl groups is 4. The molecule has 0 heterocycles. The molecule has 0 aliphatic heterocycles. The number of benzene rings is 3. The molecule has 0 radical (unpaired) electrons. The SMILES string of the molecule is CC(C)(CO)CC=Cc1cc(O)cc(-c2ccccc2-c2cc(O)cc(C=CCC(C)(C)C(=O)O)c2O)c1O. The highest BCUT2D eigenvalue weighted by Gasteiger charge is 2.25. The molecule has 0 bridgehead atoms. The zero-order valence-corrected chi connectivity index (χ0v) is 22.6. The van der Waals surface area contributed by atoms with E-state index in [1.165, 1.54) is 24.3 Å². The van der Waals surface area contributed by atoms with Crippen molar-refractivity contribution in [1.29, 1.82) is 0 Å². The van der Waals surface area contributed by atoms with Crippen molar-refractivity contribution in [1.82, 2.24) is 0 Å². The van der Waals surface area contributed by atoms with Crippen LogP contribution in [-0.2, 0) is 4.79 Å². The van der Waals surface area contributed by atoms with Crippen LogP contribution in [0.15, 0.2) is 60.7 Å². The van der Waals surface area contributed by atoms with Crippen LogP contribution >= 0.6 is 0 Å². The number of rotatable bonds is 10. The van der Waals surface area contributed by atoms with Crippen molar-refractivity contribution in [2.45, 2.75) is 40.5 Å². The summed E-state index contributed by atoms with van der Waals surface area (Å²) in [6, 6.07) is 12.6. The van der Waals surface area contributed by atoms with E-state index in [-0.39, 0.29) is 41.4 Å². The molecule has 0 aliphatic rings. The van der Waals surface area contributed by atoms with Gasteiger partial charge in [0.2, 0.25) is 0 Å². The quantitative estimate of drug-likeness (QED) is 0.158. The number of hydrogen-bond donors (Lipinski definition) is 6. The number of carbonyl (C=O) groups is 1. The van der Waals surface area contributed by atoms with Crippen LogP contribution in [0.2, 0.25) is 0 Å². The summed E-state index contributed by atoms with van der Waals surface area (Å²) >= 11 is 0. The van der Waals surface area contributed by atoms with Gasteiger partial charge in [-0.05, 0) is 67.5 Å². The van der Waals surface area contributed by atoms with Crippen molar-refractivity contribution in [3.8, 4) is 45.3 Å². The Bertz CT molecular complexity index is 1410. The van der Waals surface area contributed by atoms with E-state index in [0.717, 1.165) is 0 Å². The Morgan fingerprint density at radius 3 is 1.56 bits per heavy atom. The Kier molecular flexibility index (Phi) is 8.77. The van der Waals surface area contributed by atoms with E-state index in [4.69, 9.17) is 0 Å². The van der Waals surface area contributed by atoms with Gasteiger partial charge in [-0.25, -0.2) is 0 Å². The molecule has 206 valence electrons. The number of carboxylic acids is 1. The minimum atomic E-state index is -0.995. The van der Waals surface area contributed by atoms with Crippen molar-refractivity contribution in [3.05, 3.63) is 71.8 Å². The molecule has 7 heteroatoms. The Balaban J connectivity index is 2.09. The molecule has 39 heavy (non-hydrogen) atoms. The van der Waals surface area contributed by atoms with Gasteiger partial charge in [-0.3, -0.25) is 4.79 Å². The number of hydrogen-bond acceptors (Lipinski definition) is 6. The second-order valence-electron chi connectivity index (χ2n) is 11.1. The van der Waals surface area contributed by atoms with Gasteiger partial charge in [-0.1, -0.05) is 62.4 Å². The first-order valence-corrected chi connectivity index (χ1v) is 12.6. The minimum Gasteiger partial charge on any atom is -0.508 e. The Morgan fingerprint density at radius 1 is 0.718 bits per heavy atom. The van der Waals surface area contributed by atoms with Crippen LogP contribution in [0.25, 0.3) is 34.4 Å². The second kappa shape index (κ2) is 11.7. The van der Waals surface area contributed by atoms with Crippen molar-refractivity contribution in [2.75, 3.05) is 6.61 Å². The molecule has 3 aromatic carbocycles. The lowest BCUT2D eigenvalue weighted by Gasteiger charge is -2.19. The molecule has 0 atom stereocenters. The zero-order valence-electron chi connectivity index (χ0n) is 22.6. The fourth-order valence-electron chi connectivity index (χ4n) is 4.04. The van der Waals surface area contributed by atoms with Crippen molar-refractivity contribution < 1.29 is 35.4 Å². The molecule has 0 aromatic heterocycles. The molecule has 0 saturated carbocycles. The van der Waals surface area contributed by atoms with Crippen LogP contribution in [0, 0.1) is 10.8 Å². The summed E-state index contributed by atoms with van der Waals surface area (Å²) in [6.45, 7) is 7.04. The number of aliphatic hydroxyl groups excluding tert-OH is 1. The summed E-state index contributed by atoms with van der Waals surface area (Å²) in [4.78, 5) is 11.4. The molecule has 0 saturated heterocycles. The van der Waals surface area contributed by atoms with Crippen molar-refractivity contribution in [3.63, 3.8) is 0 Å². The van der Waals surface area contributed by atoms with Crippen LogP contribution in [0.3, 0.4) is 0 Å². The molecular formula is C32H36O7. The lowest BCUT2D eigenvalue weighted by Crippen LogP contribution is -2.22. The third-order valence-electron chi connectivity index (χ3n) is 6.66. The van der Waals surface area contributed by atoms with Gasteiger partial charge in [-0.2, -0.15) is 0 Å². The highest BCUT2D eigenvalue weighted by molar-refractivity contribution is 5.91. The Labute approximate surface area is 228 Å². The molecule has 0 unspecified atom stereocenters. The third kappa shape index (κ3) is 7.00. The standard InChI is InChI=1S/C32H36O7/c1-31(2,19-33)13-7-9-20-15-22(34)17-26(28(20)36)24-11-5-6-12-25(24)27-18-23(35)16-21(29(27)37)10-8-14-32(3,4)30(38)39/h5-12,15-18,33-37H,13-14,19H2,1-4H3,(H,38,39). The van der Waals surface area contributed by atoms with Gasteiger partial charge < -0.3 is 30.6 Å². The van der Waals surface area contributed by atoms with Gasteiger partial charge in [0.25, 0.3) is 0 Å². The molecule has 0 aliphatic carbocycles. The smallest absolute Gasteiger partial charge is 0.309 e. The molecule has 0 spiro atoms. The third-order valence-corrected chi connectivity index (χ3v) is 6.66. The molecule has 7 nitrogen and oxygen atoms in total. The molecule has 3 aromatic rings. The Hall–Kier alpha value is -4.23. The van der Waals surface area contributed by atoms with Gasteiger partial charge in [-0.15, -0.1) is 0 Å². The zero-order chi connectivity index (χ0) is 29.0. The predicted octanol–water partition coefficient (Wildman–Crippen LogP) is 6.78. The summed E-state index contributed by atoms with van der Waals surface area (Å²) in [5.74, 6) is -1.32. The van der Waals surface area contributed by atoms with E-state index in [1.807, 2.05) is 19.9 Å². The highest BCUT2D eigenvalue weighted by atomic mass is 16.4. The largest absolute Gasteiger partial charge is 0.508 e. The fourth-order valence-corrected chi connectivity index (χ4v) is 4.04. The lowest BCUT2D eigenvalue weighted by atomic mass is 9.88. The topological polar surface area (TPSA) is 138 Å². The van der Waals surface area contributed by atoms with E-state index in [1.54, 1.807) is 56.3 Å². The average molecular weight is 533 g/mol. The first kappa shape index (κ1) is 29.3. The normalized spacial score (nSPS) is 12.4. The van der Waals surface area contributed by atoms with Gasteiger partial charge in [0.05, 0.1) is 5.41 Å². The molecule has 0 amide bonds. The summed E-state index contributed by atoms with van der Waals surface area (Å²) in [7, 11) is 0. The molecule has 0 fully saturated rings. The van der Waals surface area contributed by atoms with Crippen LogP contribution in [0.5, 0.6) is 23.0 Å². The summed E-state index contributed by atoms with van der Waals surface area (Å²) < 4.78 is 0. The van der Waals surface area contributed by atoms with Gasteiger partial charge in [0, 0.05) is 28.9 Å². The van der Waals surface area contributed by atoms with E-state index in [9.17, 15) is 35.4 Å². The molecular weight excluding hydrogens is 496 g/mol. The summed E-state index contributed by atoms with van der Waals surface area (Å²) in [5.41, 5.74) is 1.01. The summed E-state index contributed by atoms with van der Waals surface area (Å²) in [5, 5.41) is 62.1. The van der Waals surface area contributed by atoms with E-state index >= 15 is 0 Å². The fraction of sp³-hybridized carbons (Fsp3) is 0.281. The van der Waals surface area contributed by atoms with Crippen LogP contribution in [0.1, 0.15) is 51.7 Å². The maximum atomic E-state index is 11.4. The second-order valence-corrected chi connectivity index (χ2v) is 11.1. The van der Waals surface area contributed by atoms with Crippen LogP contribution in [-0.4, -0.2) is 43.2 Å². The Morgan fingerprint density at radius 2 is 1.15 bits per heavy atom. The average Bonchev–Trinajstić information content (AvgIpc) is 2.87. The van der Waals surface area contributed by atoms with Gasteiger partial charge in [0.15, 0.2) is 0 Å². The number of aliphatic carboxylic acids is 1. The van der Waals surface area contributed by atoms with E-state index in [0.29, 0.717) is 39.8 Å². The maximum Gasteiger partial charge on any atom is 0.309 e. The minimum absolute atomic E-state index is 0.00387. The first-order chi connectivity index (χ1) is 18.3. The van der Waals surface area contributed by atoms with Crippen molar-refractivity contribution >= 4 is 18.1 Å².